The highest BCUT2D eigenvalue weighted by Crippen LogP contribution is 2.31. The number of allylic oxidation sites excluding steroid dienone is 1. The predicted octanol–water partition coefficient (Wildman–Crippen LogP) is 2.93. The van der Waals surface area contributed by atoms with Crippen molar-refractivity contribution >= 4 is 5.91 Å². The summed E-state index contributed by atoms with van der Waals surface area (Å²) in [7, 11) is 0. The number of aryl methyl sites for hydroxylation is 1. The van der Waals surface area contributed by atoms with E-state index >= 15 is 0 Å². The number of piperidine rings is 1. The smallest absolute Gasteiger partial charge is 0.246 e. The molecule has 2 aliphatic rings. The van der Waals surface area contributed by atoms with E-state index < -0.39 is 5.79 Å². The van der Waals surface area contributed by atoms with Gasteiger partial charge in [-0.1, -0.05) is 35.9 Å². The summed E-state index contributed by atoms with van der Waals surface area (Å²) >= 11 is 0. The number of ether oxygens (including phenoxy) is 2. The van der Waals surface area contributed by atoms with Gasteiger partial charge in [-0.3, -0.25) is 4.79 Å². The molecule has 0 unspecified atom stereocenters. The Labute approximate surface area is 138 Å². The topological polar surface area (TPSA) is 38.8 Å². The normalized spacial score (nSPS) is 20.9. The molecular weight excluding hydrogens is 290 g/mol. The number of benzene rings is 1. The van der Waals surface area contributed by atoms with Crippen molar-refractivity contribution in [3.05, 3.63) is 47.5 Å². The highest BCUT2D eigenvalue weighted by atomic mass is 16.7. The van der Waals surface area contributed by atoms with Crippen LogP contribution in [0.25, 0.3) is 0 Å². The summed E-state index contributed by atoms with van der Waals surface area (Å²) in [5, 5.41) is 0. The van der Waals surface area contributed by atoms with E-state index in [2.05, 4.69) is 24.3 Å². The Balaban J connectivity index is 1.48. The molecule has 4 nitrogen and oxygen atoms in total. The lowest BCUT2D eigenvalue weighted by atomic mass is 10.0. The minimum atomic E-state index is -0.414. The van der Waals surface area contributed by atoms with Crippen LogP contribution in [-0.4, -0.2) is 42.9 Å². The zero-order valence-corrected chi connectivity index (χ0v) is 13.8. The van der Waals surface area contributed by atoms with Gasteiger partial charge in [-0.2, -0.15) is 0 Å². The number of likely N-dealkylation sites (tertiary alicyclic amines) is 1. The molecule has 4 heteroatoms. The largest absolute Gasteiger partial charge is 0.347 e. The minimum Gasteiger partial charge on any atom is -0.347 e. The molecule has 0 radical (unpaired) electrons. The van der Waals surface area contributed by atoms with Crippen molar-refractivity contribution in [3.63, 3.8) is 0 Å². The molecule has 2 saturated heterocycles. The first-order valence-corrected chi connectivity index (χ1v) is 8.45. The summed E-state index contributed by atoms with van der Waals surface area (Å²) in [4.78, 5) is 14.3. The molecule has 2 heterocycles. The van der Waals surface area contributed by atoms with Crippen molar-refractivity contribution in [3.8, 4) is 0 Å². The average Bonchev–Trinajstić information content (AvgIpc) is 3.02. The fraction of sp³-hybridized carbons (Fsp3) is 0.526. The highest BCUT2D eigenvalue weighted by molar-refractivity contribution is 5.88. The van der Waals surface area contributed by atoms with Crippen LogP contribution in [0.1, 0.15) is 31.7 Å². The van der Waals surface area contributed by atoms with E-state index in [1.807, 2.05) is 17.9 Å². The van der Waals surface area contributed by atoms with Gasteiger partial charge in [-0.25, -0.2) is 0 Å². The Bertz CT molecular complexity index is 551. The molecule has 1 aromatic carbocycles. The summed E-state index contributed by atoms with van der Waals surface area (Å²) in [6.07, 6.45) is 5.23. The van der Waals surface area contributed by atoms with Gasteiger partial charge in [0.2, 0.25) is 5.91 Å². The Hall–Kier alpha value is -1.65. The van der Waals surface area contributed by atoms with E-state index in [-0.39, 0.29) is 5.91 Å². The van der Waals surface area contributed by atoms with Crippen LogP contribution in [0.3, 0.4) is 0 Å². The van der Waals surface area contributed by atoms with Crippen LogP contribution in [-0.2, 0) is 20.7 Å². The predicted molar refractivity (Wildman–Crippen MR) is 89.0 cm³/mol. The molecule has 0 aromatic heterocycles. The van der Waals surface area contributed by atoms with Crippen molar-refractivity contribution in [1.82, 2.24) is 4.90 Å². The molecular formula is C19H25NO3. The monoisotopic (exact) mass is 315 g/mol. The fourth-order valence-electron chi connectivity index (χ4n) is 3.21. The van der Waals surface area contributed by atoms with Gasteiger partial charge in [0.1, 0.15) is 0 Å². The van der Waals surface area contributed by atoms with E-state index in [0.29, 0.717) is 26.3 Å². The SMILES string of the molecule is C/C(=C/C(=O)N1CCC2(CC1)OCCO2)CCc1ccccc1. The van der Waals surface area contributed by atoms with Gasteiger partial charge in [-0.05, 0) is 25.3 Å². The lowest BCUT2D eigenvalue weighted by Gasteiger charge is -2.37. The molecule has 3 rings (SSSR count). The molecule has 2 aliphatic heterocycles. The molecule has 0 N–H and O–H groups in total. The van der Waals surface area contributed by atoms with E-state index in [1.54, 1.807) is 6.08 Å². The molecule has 0 aliphatic carbocycles. The number of nitrogens with zero attached hydrogens (tertiary/aromatic N) is 1. The second-order valence-corrected chi connectivity index (χ2v) is 6.41. The van der Waals surface area contributed by atoms with Crippen LogP contribution >= 0.6 is 0 Å². The number of amides is 1. The lowest BCUT2D eigenvalue weighted by Crippen LogP contribution is -2.46. The minimum absolute atomic E-state index is 0.114. The molecule has 1 aromatic rings. The van der Waals surface area contributed by atoms with Gasteiger partial charge in [0.05, 0.1) is 13.2 Å². The average molecular weight is 315 g/mol. The number of rotatable bonds is 4. The molecule has 124 valence electrons. The third-order valence-electron chi connectivity index (χ3n) is 4.67. The maximum atomic E-state index is 12.4. The van der Waals surface area contributed by atoms with Crippen LogP contribution < -0.4 is 0 Å². The van der Waals surface area contributed by atoms with Crippen LogP contribution in [0.15, 0.2) is 42.0 Å². The molecule has 0 saturated carbocycles. The summed E-state index contributed by atoms with van der Waals surface area (Å²) in [6.45, 7) is 4.80. The molecule has 1 amide bonds. The van der Waals surface area contributed by atoms with Gasteiger partial charge in [0.25, 0.3) is 0 Å². The van der Waals surface area contributed by atoms with E-state index in [9.17, 15) is 4.79 Å². The standard InChI is InChI=1S/C19H25NO3/c1-16(7-8-17-5-3-2-4-6-17)15-18(21)20-11-9-19(10-12-20)22-13-14-23-19/h2-6,15H,7-14H2,1H3/b16-15-. The Morgan fingerprint density at radius 3 is 2.48 bits per heavy atom. The third-order valence-corrected chi connectivity index (χ3v) is 4.67. The van der Waals surface area contributed by atoms with Crippen molar-refractivity contribution < 1.29 is 14.3 Å². The highest BCUT2D eigenvalue weighted by Gasteiger charge is 2.40. The molecule has 23 heavy (non-hydrogen) atoms. The van der Waals surface area contributed by atoms with Crippen LogP contribution in [0.4, 0.5) is 0 Å². The zero-order valence-electron chi connectivity index (χ0n) is 13.8. The van der Waals surface area contributed by atoms with Gasteiger partial charge >= 0.3 is 0 Å². The second-order valence-electron chi connectivity index (χ2n) is 6.41. The maximum absolute atomic E-state index is 12.4. The zero-order chi connectivity index (χ0) is 16.1. The molecule has 0 bridgehead atoms. The number of carbonyl (C=O) groups is 1. The maximum Gasteiger partial charge on any atom is 0.246 e. The first-order chi connectivity index (χ1) is 11.2. The van der Waals surface area contributed by atoms with Crippen LogP contribution in [0.5, 0.6) is 0 Å². The summed E-state index contributed by atoms with van der Waals surface area (Å²) < 4.78 is 11.4. The van der Waals surface area contributed by atoms with Gasteiger partial charge in [0.15, 0.2) is 5.79 Å². The Kier molecular flexibility index (Phi) is 5.13. The van der Waals surface area contributed by atoms with Gasteiger partial charge < -0.3 is 14.4 Å². The van der Waals surface area contributed by atoms with E-state index in [1.165, 1.54) is 5.56 Å². The van der Waals surface area contributed by atoms with E-state index in [0.717, 1.165) is 31.3 Å². The van der Waals surface area contributed by atoms with Gasteiger partial charge in [-0.15, -0.1) is 0 Å². The van der Waals surface area contributed by atoms with Crippen molar-refractivity contribution in [2.75, 3.05) is 26.3 Å². The van der Waals surface area contributed by atoms with Crippen molar-refractivity contribution in [2.45, 2.75) is 38.4 Å². The van der Waals surface area contributed by atoms with Crippen molar-refractivity contribution in [1.29, 1.82) is 0 Å². The van der Waals surface area contributed by atoms with Crippen LogP contribution in [0.2, 0.25) is 0 Å². The first kappa shape index (κ1) is 16.2. The summed E-state index contributed by atoms with van der Waals surface area (Å²) in [5.41, 5.74) is 2.44. The number of hydrogen-bond acceptors (Lipinski definition) is 3. The lowest BCUT2D eigenvalue weighted by molar-refractivity contribution is -0.186. The Morgan fingerprint density at radius 2 is 1.83 bits per heavy atom. The molecule has 0 atom stereocenters. The molecule has 1 spiro atoms. The second kappa shape index (κ2) is 7.28. The summed E-state index contributed by atoms with van der Waals surface area (Å²) in [6, 6.07) is 10.4. The molecule has 2 fully saturated rings. The van der Waals surface area contributed by atoms with Gasteiger partial charge in [0, 0.05) is 32.0 Å². The number of hydrogen-bond donors (Lipinski definition) is 0. The third kappa shape index (κ3) is 4.21. The Morgan fingerprint density at radius 1 is 1.17 bits per heavy atom. The van der Waals surface area contributed by atoms with E-state index in [4.69, 9.17) is 9.47 Å². The van der Waals surface area contributed by atoms with Crippen LogP contribution in [0, 0.1) is 0 Å². The van der Waals surface area contributed by atoms with Crippen molar-refractivity contribution in [2.24, 2.45) is 0 Å². The quantitative estimate of drug-likeness (QED) is 0.802. The summed E-state index contributed by atoms with van der Waals surface area (Å²) in [5.74, 6) is -0.300. The first-order valence-electron chi connectivity index (χ1n) is 8.45. The number of carbonyl (C=O) groups excluding carboxylic acids is 1. The fourth-order valence-corrected chi connectivity index (χ4v) is 3.21.